The van der Waals surface area contributed by atoms with Gasteiger partial charge in [-0.2, -0.15) is 4.31 Å². The van der Waals surface area contributed by atoms with Gasteiger partial charge in [-0.25, -0.2) is 8.42 Å². The van der Waals surface area contributed by atoms with Crippen LogP contribution in [0.25, 0.3) is 0 Å². The molecule has 1 aromatic carbocycles. The van der Waals surface area contributed by atoms with Crippen molar-refractivity contribution in [3.63, 3.8) is 0 Å². The van der Waals surface area contributed by atoms with E-state index in [0.29, 0.717) is 24.8 Å². The lowest BCUT2D eigenvalue weighted by atomic mass is 10.0. The van der Waals surface area contributed by atoms with E-state index in [0.717, 1.165) is 22.9 Å². The molecule has 0 saturated carbocycles. The van der Waals surface area contributed by atoms with E-state index in [1.54, 1.807) is 16.4 Å². The van der Waals surface area contributed by atoms with Gasteiger partial charge >= 0.3 is 0 Å². The Hall–Kier alpha value is -0.590. The Morgan fingerprint density at radius 1 is 1.40 bits per heavy atom. The molecule has 1 aliphatic rings. The summed E-state index contributed by atoms with van der Waals surface area (Å²) in [6, 6.07) is 3.40. The van der Waals surface area contributed by atoms with Crippen molar-refractivity contribution >= 4 is 26.0 Å². The molecule has 0 aromatic heterocycles. The average Bonchev–Trinajstić information content (AvgIpc) is 2.41. The fourth-order valence-corrected chi connectivity index (χ4v) is 4.76. The Bertz CT molecular complexity index is 601. The molecule has 1 aromatic rings. The summed E-state index contributed by atoms with van der Waals surface area (Å²) in [7, 11) is -2.00. The number of hydrogen-bond donors (Lipinski definition) is 0. The topological polar surface area (TPSA) is 46.6 Å². The van der Waals surface area contributed by atoms with Crippen LogP contribution in [-0.2, 0) is 10.0 Å². The molecule has 1 saturated heterocycles. The number of halogens is 1. The van der Waals surface area contributed by atoms with Crippen LogP contribution in [0.4, 0.5) is 0 Å². The second-order valence-electron chi connectivity index (χ2n) is 5.36. The molecule has 0 spiro atoms. The van der Waals surface area contributed by atoms with E-state index < -0.39 is 10.0 Å². The summed E-state index contributed by atoms with van der Waals surface area (Å²) < 4.78 is 33.2. The first-order valence-corrected chi connectivity index (χ1v) is 8.94. The summed E-state index contributed by atoms with van der Waals surface area (Å²) in [6.07, 6.45) is 2.00. The van der Waals surface area contributed by atoms with Gasteiger partial charge in [-0.15, -0.1) is 0 Å². The van der Waals surface area contributed by atoms with Gasteiger partial charge in [0, 0.05) is 17.6 Å². The first-order valence-electron chi connectivity index (χ1n) is 6.70. The second kappa shape index (κ2) is 6.03. The quantitative estimate of drug-likeness (QED) is 0.830. The minimum Gasteiger partial charge on any atom is -0.495 e. The van der Waals surface area contributed by atoms with Crippen LogP contribution in [0.3, 0.4) is 0 Å². The van der Waals surface area contributed by atoms with E-state index in [1.165, 1.54) is 7.11 Å². The van der Waals surface area contributed by atoms with Crippen molar-refractivity contribution in [2.45, 2.75) is 31.6 Å². The fraction of sp³-hybridized carbons (Fsp3) is 0.571. The highest BCUT2D eigenvalue weighted by molar-refractivity contribution is 9.10. The average molecular weight is 362 g/mol. The van der Waals surface area contributed by atoms with Crippen molar-refractivity contribution in [2.24, 2.45) is 5.92 Å². The van der Waals surface area contributed by atoms with E-state index in [2.05, 4.69) is 22.9 Å². The lowest BCUT2D eigenvalue weighted by Crippen LogP contribution is -2.39. The molecule has 1 fully saturated rings. The third-order valence-corrected chi connectivity index (χ3v) is 6.42. The lowest BCUT2D eigenvalue weighted by Gasteiger charge is -2.30. The van der Waals surface area contributed by atoms with E-state index in [-0.39, 0.29) is 4.90 Å². The van der Waals surface area contributed by atoms with Crippen LogP contribution in [0.15, 0.2) is 21.5 Å². The zero-order chi connectivity index (χ0) is 14.9. The Labute approximate surface area is 129 Å². The van der Waals surface area contributed by atoms with E-state index >= 15 is 0 Å². The van der Waals surface area contributed by atoms with Crippen molar-refractivity contribution in [3.05, 3.63) is 22.2 Å². The van der Waals surface area contributed by atoms with E-state index in [9.17, 15) is 8.42 Å². The normalized spacial score (nSPS) is 20.9. The SMILES string of the molecule is COc1cc(C)c(Br)cc1S(=O)(=O)N1CCC[C@@H](C)C1. The maximum absolute atomic E-state index is 12.8. The van der Waals surface area contributed by atoms with Gasteiger partial charge in [0.05, 0.1) is 7.11 Å². The second-order valence-corrected chi connectivity index (χ2v) is 8.12. The van der Waals surface area contributed by atoms with Crippen LogP contribution in [0, 0.1) is 12.8 Å². The summed E-state index contributed by atoms with van der Waals surface area (Å²) in [4.78, 5) is 0.242. The molecule has 1 aliphatic heterocycles. The Kier molecular flexibility index (Phi) is 4.76. The molecule has 0 bridgehead atoms. The number of sulfonamides is 1. The van der Waals surface area contributed by atoms with Crippen molar-refractivity contribution in [1.82, 2.24) is 4.31 Å². The number of aryl methyl sites for hydroxylation is 1. The molecule has 20 heavy (non-hydrogen) atoms. The third kappa shape index (κ3) is 3.02. The summed E-state index contributed by atoms with van der Waals surface area (Å²) in [5.74, 6) is 0.808. The zero-order valence-corrected chi connectivity index (χ0v) is 14.4. The zero-order valence-electron chi connectivity index (χ0n) is 12.0. The van der Waals surface area contributed by atoms with Gasteiger partial charge < -0.3 is 4.74 Å². The van der Waals surface area contributed by atoms with Crippen molar-refractivity contribution < 1.29 is 13.2 Å². The minimum absolute atomic E-state index is 0.242. The molecule has 2 rings (SSSR count). The molecule has 0 aliphatic carbocycles. The Morgan fingerprint density at radius 3 is 2.70 bits per heavy atom. The monoisotopic (exact) mass is 361 g/mol. The number of ether oxygens (including phenoxy) is 1. The Balaban J connectivity index is 2.46. The summed E-state index contributed by atoms with van der Waals surface area (Å²) in [5.41, 5.74) is 0.952. The van der Waals surface area contributed by atoms with Gasteiger partial charge in [0.2, 0.25) is 10.0 Å². The van der Waals surface area contributed by atoms with Crippen LogP contribution >= 0.6 is 15.9 Å². The van der Waals surface area contributed by atoms with Crippen LogP contribution < -0.4 is 4.74 Å². The molecule has 1 atom stereocenters. The van der Waals surface area contributed by atoms with E-state index in [1.807, 2.05) is 6.92 Å². The third-order valence-electron chi connectivity index (χ3n) is 3.68. The molecular formula is C14H20BrNO3S. The highest BCUT2D eigenvalue weighted by atomic mass is 79.9. The molecule has 0 unspecified atom stereocenters. The summed E-state index contributed by atoms with van der Waals surface area (Å²) in [5, 5.41) is 0. The van der Waals surface area contributed by atoms with Crippen molar-refractivity contribution in [1.29, 1.82) is 0 Å². The number of benzene rings is 1. The maximum Gasteiger partial charge on any atom is 0.246 e. The number of hydrogen-bond acceptors (Lipinski definition) is 3. The van der Waals surface area contributed by atoms with Gasteiger partial charge in [-0.3, -0.25) is 0 Å². The fourth-order valence-electron chi connectivity index (χ4n) is 2.50. The van der Waals surface area contributed by atoms with Gasteiger partial charge in [0.25, 0.3) is 0 Å². The molecular weight excluding hydrogens is 342 g/mol. The molecule has 112 valence electrons. The predicted octanol–water partition coefficient (Wildman–Crippen LogP) is 3.19. The Morgan fingerprint density at radius 2 is 2.10 bits per heavy atom. The van der Waals surface area contributed by atoms with Gasteiger partial charge in [-0.1, -0.05) is 22.9 Å². The predicted molar refractivity (Wildman–Crippen MR) is 82.6 cm³/mol. The molecule has 6 heteroatoms. The highest BCUT2D eigenvalue weighted by Crippen LogP contribution is 2.33. The highest BCUT2D eigenvalue weighted by Gasteiger charge is 2.31. The molecule has 1 heterocycles. The number of rotatable bonds is 3. The standard InChI is InChI=1S/C14H20BrNO3S/c1-10-5-4-6-16(9-10)20(17,18)14-8-12(15)11(2)7-13(14)19-3/h7-8,10H,4-6,9H2,1-3H3/t10-/m1/s1. The first-order chi connectivity index (χ1) is 9.36. The first kappa shape index (κ1) is 15.8. The molecule has 4 nitrogen and oxygen atoms in total. The summed E-state index contributed by atoms with van der Waals surface area (Å²) in [6.45, 7) is 5.16. The van der Waals surface area contributed by atoms with Crippen LogP contribution in [0.2, 0.25) is 0 Å². The smallest absolute Gasteiger partial charge is 0.246 e. The molecule has 0 radical (unpaired) electrons. The molecule has 0 amide bonds. The van der Waals surface area contributed by atoms with Gasteiger partial charge in [0.15, 0.2) is 0 Å². The largest absolute Gasteiger partial charge is 0.495 e. The van der Waals surface area contributed by atoms with Gasteiger partial charge in [0.1, 0.15) is 10.6 Å². The van der Waals surface area contributed by atoms with Crippen molar-refractivity contribution in [3.8, 4) is 5.75 Å². The minimum atomic E-state index is -3.50. The lowest BCUT2D eigenvalue weighted by molar-refractivity contribution is 0.280. The van der Waals surface area contributed by atoms with Crippen LogP contribution in [0.1, 0.15) is 25.3 Å². The molecule has 0 N–H and O–H groups in total. The van der Waals surface area contributed by atoms with Crippen LogP contribution in [-0.4, -0.2) is 32.9 Å². The number of piperidine rings is 1. The number of nitrogens with zero attached hydrogens (tertiary/aromatic N) is 1. The van der Waals surface area contributed by atoms with Gasteiger partial charge in [-0.05, 0) is 43.4 Å². The maximum atomic E-state index is 12.8. The van der Waals surface area contributed by atoms with Crippen molar-refractivity contribution in [2.75, 3.05) is 20.2 Å². The number of methoxy groups -OCH3 is 1. The van der Waals surface area contributed by atoms with E-state index in [4.69, 9.17) is 4.74 Å². The van der Waals surface area contributed by atoms with Crippen LogP contribution in [0.5, 0.6) is 5.75 Å². The summed E-state index contributed by atoms with van der Waals surface area (Å²) >= 11 is 3.40.